The number of carbonyl (C=O) groups is 2. The van der Waals surface area contributed by atoms with Crippen LogP contribution >= 0.6 is 0 Å². The number of hydrogen-bond donors (Lipinski definition) is 4. The molecule has 0 spiro atoms. The van der Waals surface area contributed by atoms with Crippen LogP contribution in [0.5, 0.6) is 0 Å². The van der Waals surface area contributed by atoms with E-state index in [1.54, 1.807) is 24.3 Å². The van der Waals surface area contributed by atoms with Crippen LogP contribution in [0.1, 0.15) is 10.4 Å². The first-order valence-corrected chi connectivity index (χ1v) is 5.49. The van der Waals surface area contributed by atoms with Crippen LogP contribution in [0.4, 0.5) is 10.5 Å². The van der Waals surface area contributed by atoms with Crippen molar-refractivity contribution in [2.75, 3.05) is 5.73 Å². The van der Waals surface area contributed by atoms with Crippen LogP contribution in [-0.4, -0.2) is 28.5 Å². The molecule has 1 aromatic carbocycles. The van der Waals surface area contributed by atoms with Crippen molar-refractivity contribution in [3.05, 3.63) is 42.1 Å². The minimum Gasteiger partial charge on any atom is -0.478 e. The molecular weight excluding hydrogens is 294 g/mol. The molecule has 0 radical (unpaired) electrons. The summed E-state index contributed by atoms with van der Waals surface area (Å²) in [6.45, 7) is 0. The average molecular weight is 307 g/mol. The highest BCUT2D eigenvalue weighted by Gasteiger charge is 2.03. The number of para-hydroxylation sites is 1. The maximum absolute atomic E-state index is 10.3. The number of allylic oxidation sites excluding steroid dienone is 1. The normalized spacial score (nSPS) is 11.1. The molecule has 0 atom stereocenters. The fourth-order valence-electron chi connectivity index (χ4n) is 0.931. The van der Waals surface area contributed by atoms with Crippen molar-refractivity contribution in [1.29, 1.82) is 0 Å². The molecular formula is C11H13N7O4. The molecule has 6 N–H and O–H groups in total. The second-order valence-electron chi connectivity index (χ2n) is 3.22. The Balaban J connectivity index is 0.000000330. The number of hydrogen-bond acceptors (Lipinski definition) is 8. The molecule has 1 aliphatic heterocycles. The molecule has 22 heavy (non-hydrogen) atoms. The van der Waals surface area contributed by atoms with Crippen LogP contribution < -0.4 is 11.5 Å². The Labute approximate surface area is 124 Å². The van der Waals surface area contributed by atoms with Crippen LogP contribution in [0.15, 0.2) is 62.4 Å². The fourth-order valence-corrected chi connectivity index (χ4v) is 0.931. The highest BCUT2D eigenvalue weighted by molar-refractivity contribution is 5.93. The van der Waals surface area contributed by atoms with Gasteiger partial charge in [-0.1, -0.05) is 12.1 Å². The van der Waals surface area contributed by atoms with E-state index < -0.39 is 12.1 Å². The summed E-state index contributed by atoms with van der Waals surface area (Å²) < 4.78 is 0. The van der Waals surface area contributed by atoms with Gasteiger partial charge in [0.15, 0.2) is 0 Å². The molecule has 0 aromatic heterocycles. The molecule has 1 aliphatic rings. The standard InChI is InChI=1S/C7H7NO2.C3H3N5.CH3NO2/c8-6-4-2-1-3-5(6)7(9)10;1-2-4-6-8-7-5-3-1;2-1(3)4/h1-4H,8H2,(H,9,10);1-3H;2H2,(H,3,4). The summed E-state index contributed by atoms with van der Waals surface area (Å²) in [7, 11) is 0. The van der Waals surface area contributed by atoms with E-state index in [4.69, 9.17) is 20.7 Å². The lowest BCUT2D eigenvalue weighted by atomic mass is 10.2. The third-order valence-electron chi connectivity index (χ3n) is 1.68. The van der Waals surface area contributed by atoms with Crippen molar-refractivity contribution in [3.63, 3.8) is 0 Å². The van der Waals surface area contributed by atoms with Gasteiger partial charge in [-0.25, -0.2) is 9.59 Å². The average Bonchev–Trinajstić information content (AvgIpc) is 2.38. The quantitative estimate of drug-likeness (QED) is 0.575. The van der Waals surface area contributed by atoms with Crippen LogP contribution in [0.2, 0.25) is 0 Å². The number of benzene rings is 1. The summed E-state index contributed by atoms with van der Waals surface area (Å²) in [5.74, 6) is -0.988. The summed E-state index contributed by atoms with van der Waals surface area (Å²) >= 11 is 0. The summed E-state index contributed by atoms with van der Waals surface area (Å²) in [6, 6.07) is 6.36. The maximum Gasteiger partial charge on any atom is 0.402 e. The highest BCUT2D eigenvalue weighted by Crippen LogP contribution is 2.08. The number of nitrogen functional groups attached to an aromatic ring is 1. The van der Waals surface area contributed by atoms with Crippen molar-refractivity contribution in [3.8, 4) is 0 Å². The Kier molecular flexibility index (Phi) is 9.37. The van der Waals surface area contributed by atoms with Crippen molar-refractivity contribution < 1.29 is 19.8 Å². The van der Waals surface area contributed by atoms with Gasteiger partial charge < -0.3 is 21.7 Å². The highest BCUT2D eigenvalue weighted by atomic mass is 16.4. The minimum atomic E-state index is -1.33. The zero-order valence-electron chi connectivity index (χ0n) is 11.1. The van der Waals surface area contributed by atoms with Gasteiger partial charge in [0.2, 0.25) is 0 Å². The second kappa shape index (κ2) is 11.2. The zero-order chi connectivity index (χ0) is 16.8. The van der Waals surface area contributed by atoms with E-state index >= 15 is 0 Å². The number of rotatable bonds is 1. The molecule has 0 unspecified atom stereocenters. The predicted octanol–water partition coefficient (Wildman–Crippen LogP) is 1.91. The van der Waals surface area contributed by atoms with Gasteiger partial charge in [-0.15, -0.1) is 10.2 Å². The monoisotopic (exact) mass is 307 g/mol. The van der Waals surface area contributed by atoms with Gasteiger partial charge in [-0.2, -0.15) is 0 Å². The molecule has 1 heterocycles. The first-order chi connectivity index (χ1) is 10.4. The predicted molar refractivity (Wildman–Crippen MR) is 77.4 cm³/mol. The second-order valence-corrected chi connectivity index (χ2v) is 3.22. The molecule has 0 aliphatic carbocycles. The molecule has 116 valence electrons. The number of nitrogens with two attached hydrogens (primary N) is 2. The number of aromatic carboxylic acids is 1. The lowest BCUT2D eigenvalue weighted by molar-refractivity contribution is 0.0698. The largest absolute Gasteiger partial charge is 0.478 e. The Morgan fingerprint density at radius 1 is 1.05 bits per heavy atom. The maximum atomic E-state index is 10.3. The Bertz CT molecular complexity index is 550. The topological polar surface area (TPSA) is 188 Å². The van der Waals surface area contributed by atoms with E-state index in [-0.39, 0.29) is 5.56 Å². The molecule has 0 bridgehead atoms. The van der Waals surface area contributed by atoms with Gasteiger partial charge in [0.05, 0.1) is 18.0 Å². The first kappa shape index (κ1) is 18.4. The SMILES string of the molecule is C1=CN=NN=NN=C1.NC(=O)O.Nc1ccccc1C(=O)O. The number of nitrogens with zero attached hydrogens (tertiary/aromatic N) is 5. The molecule has 0 saturated carbocycles. The lowest BCUT2D eigenvalue weighted by Gasteiger charge is -1.96. The van der Waals surface area contributed by atoms with Gasteiger partial charge in [0.1, 0.15) is 0 Å². The first-order valence-electron chi connectivity index (χ1n) is 5.49. The molecule has 0 fully saturated rings. The van der Waals surface area contributed by atoms with E-state index in [0.717, 1.165) is 0 Å². The molecule has 11 heteroatoms. The van der Waals surface area contributed by atoms with E-state index in [9.17, 15) is 4.79 Å². The van der Waals surface area contributed by atoms with Crippen LogP contribution in [0, 0.1) is 0 Å². The van der Waals surface area contributed by atoms with Crippen LogP contribution in [0.25, 0.3) is 0 Å². The number of carboxylic acids is 1. The van der Waals surface area contributed by atoms with Gasteiger partial charge in [0, 0.05) is 5.69 Å². The summed E-state index contributed by atoms with van der Waals surface area (Å²) in [6.07, 6.45) is 3.23. The number of primary amides is 1. The number of anilines is 1. The summed E-state index contributed by atoms with van der Waals surface area (Å²) in [5.41, 5.74) is 9.82. The molecule has 1 amide bonds. The van der Waals surface area contributed by atoms with Crippen LogP contribution in [-0.2, 0) is 0 Å². The van der Waals surface area contributed by atoms with Crippen LogP contribution in [0.3, 0.4) is 0 Å². The van der Waals surface area contributed by atoms with Gasteiger partial charge in [0.25, 0.3) is 0 Å². The van der Waals surface area contributed by atoms with Crippen molar-refractivity contribution in [1.82, 2.24) is 0 Å². The number of carboxylic acid groups (broad SMARTS) is 2. The lowest BCUT2D eigenvalue weighted by Crippen LogP contribution is -2.03. The molecule has 0 saturated heterocycles. The smallest absolute Gasteiger partial charge is 0.402 e. The third kappa shape index (κ3) is 10.3. The molecule has 11 nitrogen and oxygen atoms in total. The van der Waals surface area contributed by atoms with E-state index in [2.05, 4.69) is 31.6 Å². The zero-order valence-corrected chi connectivity index (χ0v) is 11.1. The van der Waals surface area contributed by atoms with Gasteiger partial charge in [-0.05, 0) is 33.9 Å². The summed E-state index contributed by atoms with van der Waals surface area (Å²) in [4.78, 5) is 19.1. The number of amides is 1. The van der Waals surface area contributed by atoms with E-state index in [0.29, 0.717) is 5.69 Å². The fraction of sp³-hybridized carbons (Fsp3) is 0. The van der Waals surface area contributed by atoms with Crippen molar-refractivity contribution >= 4 is 24.0 Å². The molecule has 2 rings (SSSR count). The van der Waals surface area contributed by atoms with E-state index in [1.165, 1.54) is 18.5 Å². The van der Waals surface area contributed by atoms with Crippen molar-refractivity contribution in [2.45, 2.75) is 0 Å². The van der Waals surface area contributed by atoms with Gasteiger partial charge >= 0.3 is 12.1 Å². The van der Waals surface area contributed by atoms with Crippen molar-refractivity contribution in [2.24, 2.45) is 31.6 Å². The Morgan fingerprint density at radius 3 is 2.23 bits per heavy atom. The van der Waals surface area contributed by atoms with Gasteiger partial charge in [-0.3, -0.25) is 0 Å². The Hall–Kier alpha value is -3.63. The van der Waals surface area contributed by atoms with E-state index in [1.807, 2.05) is 0 Å². The summed E-state index contributed by atoms with van der Waals surface area (Å²) in [5, 5.41) is 32.1. The Morgan fingerprint density at radius 2 is 1.68 bits per heavy atom. The third-order valence-corrected chi connectivity index (χ3v) is 1.68. The molecule has 1 aromatic rings. The minimum absolute atomic E-state index is 0.155.